The summed E-state index contributed by atoms with van der Waals surface area (Å²) in [7, 11) is 1.61. The van der Waals surface area contributed by atoms with Gasteiger partial charge in [0.15, 0.2) is 0 Å². The molecule has 1 amide bonds. The number of carboxylic acids is 1. The van der Waals surface area contributed by atoms with E-state index in [1.54, 1.807) is 37.4 Å². The lowest BCUT2D eigenvalue weighted by Gasteiger charge is -2.15. The Morgan fingerprint density at radius 2 is 1.69 bits per heavy atom. The maximum absolute atomic E-state index is 12.2. The summed E-state index contributed by atoms with van der Waals surface area (Å²) >= 11 is 0. The van der Waals surface area contributed by atoms with Crippen LogP contribution in [-0.2, 0) is 11.2 Å². The van der Waals surface area contributed by atoms with E-state index in [1.165, 1.54) is 0 Å². The van der Waals surface area contributed by atoms with Crippen molar-refractivity contribution in [1.29, 1.82) is 0 Å². The molecule has 1 atom stereocenters. The number of amides is 1. The Morgan fingerprint density at radius 1 is 1.00 bits per heavy atom. The zero-order valence-electron chi connectivity index (χ0n) is 14.3. The van der Waals surface area contributed by atoms with Crippen molar-refractivity contribution < 1.29 is 19.4 Å². The fourth-order valence-electron chi connectivity index (χ4n) is 2.79. The Morgan fingerprint density at radius 3 is 2.38 bits per heavy atom. The minimum atomic E-state index is -1.07. The second-order valence-corrected chi connectivity index (χ2v) is 5.98. The van der Waals surface area contributed by atoms with Crippen molar-refractivity contribution >= 4 is 22.6 Å². The number of hydrogen-bond donors (Lipinski definition) is 2. The van der Waals surface area contributed by atoms with E-state index in [0.717, 1.165) is 22.1 Å². The van der Waals surface area contributed by atoms with Crippen LogP contribution in [-0.4, -0.2) is 30.1 Å². The molecule has 0 radical (unpaired) electrons. The van der Waals surface area contributed by atoms with Crippen LogP contribution in [0.5, 0.6) is 5.75 Å². The second-order valence-electron chi connectivity index (χ2n) is 5.98. The molecule has 3 rings (SSSR count). The number of nitrogens with one attached hydrogen (secondary N) is 1. The summed E-state index contributed by atoms with van der Waals surface area (Å²) in [5.74, 6) is -0.698. The molecular formula is C21H19NO4. The lowest BCUT2D eigenvalue weighted by atomic mass is 10.0. The van der Waals surface area contributed by atoms with E-state index in [4.69, 9.17) is 4.74 Å². The molecule has 0 spiro atoms. The van der Waals surface area contributed by atoms with Crippen molar-refractivity contribution in [2.45, 2.75) is 12.5 Å². The topological polar surface area (TPSA) is 75.6 Å². The van der Waals surface area contributed by atoms with E-state index in [1.807, 2.05) is 36.4 Å². The van der Waals surface area contributed by atoms with Gasteiger partial charge in [0, 0.05) is 12.0 Å². The van der Waals surface area contributed by atoms with Gasteiger partial charge in [0.05, 0.1) is 7.11 Å². The Bertz CT molecular complexity index is 937. The SMILES string of the molecule is COc1ccc2cc(CC(NC(=O)c3ccccc3)C(=O)O)ccc2c1. The second kappa shape index (κ2) is 7.70. The van der Waals surface area contributed by atoms with Crippen LogP contribution in [0.4, 0.5) is 0 Å². The molecule has 0 aliphatic carbocycles. The molecule has 0 heterocycles. The summed E-state index contributed by atoms with van der Waals surface area (Å²) in [6.07, 6.45) is 0.204. The molecular weight excluding hydrogens is 330 g/mol. The van der Waals surface area contributed by atoms with Crippen molar-refractivity contribution in [2.75, 3.05) is 7.11 Å². The highest BCUT2D eigenvalue weighted by Crippen LogP contribution is 2.22. The van der Waals surface area contributed by atoms with E-state index in [9.17, 15) is 14.7 Å². The predicted octanol–water partition coefficient (Wildman–Crippen LogP) is 3.27. The molecule has 0 aliphatic rings. The number of rotatable bonds is 6. The van der Waals surface area contributed by atoms with Crippen LogP contribution in [0.1, 0.15) is 15.9 Å². The molecule has 3 aromatic carbocycles. The van der Waals surface area contributed by atoms with Crippen molar-refractivity contribution in [3.05, 3.63) is 77.9 Å². The van der Waals surface area contributed by atoms with Crippen molar-refractivity contribution in [1.82, 2.24) is 5.32 Å². The summed E-state index contributed by atoms with van der Waals surface area (Å²) in [5, 5.41) is 14.1. The fourth-order valence-corrected chi connectivity index (χ4v) is 2.79. The van der Waals surface area contributed by atoms with Gasteiger partial charge in [-0.25, -0.2) is 4.79 Å². The highest BCUT2D eigenvalue weighted by molar-refractivity contribution is 5.96. The van der Waals surface area contributed by atoms with Gasteiger partial charge in [-0.1, -0.05) is 42.5 Å². The van der Waals surface area contributed by atoms with Gasteiger partial charge >= 0.3 is 5.97 Å². The van der Waals surface area contributed by atoms with E-state index < -0.39 is 17.9 Å². The molecule has 3 aromatic rings. The van der Waals surface area contributed by atoms with Gasteiger partial charge in [0.25, 0.3) is 5.91 Å². The molecule has 26 heavy (non-hydrogen) atoms. The van der Waals surface area contributed by atoms with E-state index in [-0.39, 0.29) is 6.42 Å². The summed E-state index contributed by atoms with van der Waals surface area (Å²) in [4.78, 5) is 23.8. The van der Waals surface area contributed by atoms with Crippen LogP contribution < -0.4 is 10.1 Å². The van der Waals surface area contributed by atoms with Gasteiger partial charge in [0.2, 0.25) is 0 Å². The molecule has 0 fully saturated rings. The minimum absolute atomic E-state index is 0.204. The highest BCUT2D eigenvalue weighted by atomic mass is 16.5. The number of ether oxygens (including phenoxy) is 1. The fraction of sp³-hybridized carbons (Fsp3) is 0.143. The number of methoxy groups -OCH3 is 1. The maximum atomic E-state index is 12.2. The van der Waals surface area contributed by atoms with Crippen LogP contribution in [0.2, 0.25) is 0 Å². The van der Waals surface area contributed by atoms with Crippen molar-refractivity contribution in [3.63, 3.8) is 0 Å². The first-order valence-corrected chi connectivity index (χ1v) is 8.22. The Hall–Kier alpha value is -3.34. The molecule has 0 aliphatic heterocycles. The van der Waals surface area contributed by atoms with Crippen molar-refractivity contribution in [2.24, 2.45) is 0 Å². The number of carbonyl (C=O) groups excluding carboxylic acids is 1. The Balaban J connectivity index is 1.78. The van der Waals surface area contributed by atoms with Crippen LogP contribution in [0.25, 0.3) is 10.8 Å². The first-order chi connectivity index (χ1) is 12.6. The lowest BCUT2D eigenvalue weighted by Crippen LogP contribution is -2.42. The van der Waals surface area contributed by atoms with Crippen molar-refractivity contribution in [3.8, 4) is 5.75 Å². The average Bonchev–Trinajstić information content (AvgIpc) is 2.67. The molecule has 0 saturated heterocycles. The molecule has 0 aromatic heterocycles. The van der Waals surface area contributed by atoms with Gasteiger partial charge in [-0.2, -0.15) is 0 Å². The molecule has 1 unspecified atom stereocenters. The predicted molar refractivity (Wildman–Crippen MR) is 99.5 cm³/mol. The molecule has 2 N–H and O–H groups in total. The Labute approximate surface area is 151 Å². The van der Waals surface area contributed by atoms with Crippen LogP contribution in [0.15, 0.2) is 66.7 Å². The third kappa shape index (κ3) is 4.00. The monoisotopic (exact) mass is 349 g/mol. The van der Waals surface area contributed by atoms with Gasteiger partial charge < -0.3 is 15.2 Å². The smallest absolute Gasteiger partial charge is 0.326 e. The number of carbonyl (C=O) groups is 2. The number of fused-ring (bicyclic) bond motifs is 1. The zero-order chi connectivity index (χ0) is 18.5. The lowest BCUT2D eigenvalue weighted by molar-refractivity contribution is -0.139. The summed E-state index contributed by atoms with van der Waals surface area (Å²) < 4.78 is 5.21. The minimum Gasteiger partial charge on any atom is -0.497 e. The Kier molecular flexibility index (Phi) is 5.17. The van der Waals surface area contributed by atoms with Gasteiger partial charge in [-0.3, -0.25) is 4.79 Å². The summed E-state index contributed by atoms with van der Waals surface area (Å²) in [5.41, 5.74) is 1.27. The third-order valence-electron chi connectivity index (χ3n) is 4.19. The first kappa shape index (κ1) is 17.5. The maximum Gasteiger partial charge on any atom is 0.326 e. The summed E-state index contributed by atoms with van der Waals surface area (Å²) in [6.45, 7) is 0. The molecule has 0 bridgehead atoms. The average molecular weight is 349 g/mol. The summed E-state index contributed by atoms with van der Waals surface area (Å²) in [6, 6.07) is 19.0. The number of hydrogen-bond acceptors (Lipinski definition) is 3. The number of aliphatic carboxylic acids is 1. The number of carboxylic acid groups (broad SMARTS) is 1. The van der Waals surface area contributed by atoms with Gasteiger partial charge in [0.1, 0.15) is 11.8 Å². The molecule has 5 heteroatoms. The van der Waals surface area contributed by atoms with E-state index in [2.05, 4.69) is 5.32 Å². The third-order valence-corrected chi connectivity index (χ3v) is 4.19. The van der Waals surface area contributed by atoms with Gasteiger partial charge in [-0.05, 0) is 40.6 Å². The van der Waals surface area contributed by atoms with E-state index >= 15 is 0 Å². The molecule has 0 saturated carbocycles. The molecule has 5 nitrogen and oxygen atoms in total. The van der Waals surface area contributed by atoms with E-state index in [0.29, 0.717) is 5.56 Å². The van der Waals surface area contributed by atoms with Gasteiger partial charge in [-0.15, -0.1) is 0 Å². The quantitative estimate of drug-likeness (QED) is 0.716. The van der Waals surface area contributed by atoms with Crippen LogP contribution in [0, 0.1) is 0 Å². The number of benzene rings is 3. The normalized spacial score (nSPS) is 11.7. The largest absolute Gasteiger partial charge is 0.497 e. The zero-order valence-corrected chi connectivity index (χ0v) is 14.3. The first-order valence-electron chi connectivity index (χ1n) is 8.22. The standard InChI is InChI=1S/C21H19NO4/c1-26-18-10-9-16-11-14(7-8-17(16)13-18)12-19(21(24)25)22-20(23)15-5-3-2-4-6-15/h2-11,13,19H,12H2,1H3,(H,22,23)(H,24,25). The van der Waals surface area contributed by atoms with Crippen LogP contribution >= 0.6 is 0 Å². The molecule has 132 valence electrons. The van der Waals surface area contributed by atoms with Crippen LogP contribution in [0.3, 0.4) is 0 Å². The highest BCUT2D eigenvalue weighted by Gasteiger charge is 2.21.